The molecule has 1 aromatic rings. The molecule has 2 rings (SSSR count). The molecular formula is C13H22N2OS. The largest absolute Gasteiger partial charge is 0.395 e. The molecule has 0 aliphatic heterocycles. The van der Waals surface area contributed by atoms with Crippen molar-refractivity contribution in [3.8, 4) is 0 Å². The Bertz CT molecular complexity index is 322. The van der Waals surface area contributed by atoms with Crippen LogP contribution in [0.3, 0.4) is 0 Å². The van der Waals surface area contributed by atoms with Crippen molar-refractivity contribution in [1.29, 1.82) is 0 Å². The van der Waals surface area contributed by atoms with E-state index in [2.05, 4.69) is 28.7 Å². The number of rotatable bonds is 6. The van der Waals surface area contributed by atoms with Gasteiger partial charge >= 0.3 is 0 Å². The molecule has 1 fully saturated rings. The lowest BCUT2D eigenvalue weighted by atomic mass is 9.88. The van der Waals surface area contributed by atoms with E-state index in [1.807, 2.05) is 0 Å². The van der Waals surface area contributed by atoms with Crippen molar-refractivity contribution in [3.63, 3.8) is 0 Å². The third kappa shape index (κ3) is 2.88. The SMILES string of the molecule is CC(N)C(c1ccsc1)N(CCO)C1CCC1. The average Bonchev–Trinajstić information content (AvgIpc) is 2.68. The maximum absolute atomic E-state index is 9.25. The molecule has 1 aromatic heterocycles. The van der Waals surface area contributed by atoms with Gasteiger partial charge in [-0.2, -0.15) is 11.3 Å². The maximum Gasteiger partial charge on any atom is 0.0558 e. The first-order valence-corrected chi connectivity index (χ1v) is 7.32. The number of nitrogens with two attached hydrogens (primary N) is 1. The number of thiophene rings is 1. The summed E-state index contributed by atoms with van der Waals surface area (Å²) in [6, 6.07) is 3.11. The van der Waals surface area contributed by atoms with Gasteiger partial charge in [-0.15, -0.1) is 0 Å². The van der Waals surface area contributed by atoms with E-state index in [9.17, 15) is 5.11 Å². The van der Waals surface area contributed by atoms with Crippen LogP contribution in [0.2, 0.25) is 0 Å². The summed E-state index contributed by atoms with van der Waals surface area (Å²) in [4.78, 5) is 2.40. The fourth-order valence-electron chi connectivity index (χ4n) is 2.62. The van der Waals surface area contributed by atoms with Gasteiger partial charge in [0.25, 0.3) is 0 Å². The monoisotopic (exact) mass is 254 g/mol. The molecule has 3 N–H and O–H groups in total. The van der Waals surface area contributed by atoms with Crippen LogP contribution in [0.15, 0.2) is 16.8 Å². The van der Waals surface area contributed by atoms with Crippen LogP contribution in [0.25, 0.3) is 0 Å². The highest BCUT2D eigenvalue weighted by molar-refractivity contribution is 7.07. The van der Waals surface area contributed by atoms with Gasteiger partial charge in [0.2, 0.25) is 0 Å². The summed E-state index contributed by atoms with van der Waals surface area (Å²) in [6.07, 6.45) is 3.79. The Hall–Kier alpha value is -0.420. The lowest BCUT2D eigenvalue weighted by molar-refractivity contribution is 0.0505. The summed E-state index contributed by atoms with van der Waals surface area (Å²) < 4.78 is 0. The van der Waals surface area contributed by atoms with Crippen molar-refractivity contribution < 1.29 is 5.11 Å². The van der Waals surface area contributed by atoms with Crippen LogP contribution in [-0.2, 0) is 0 Å². The van der Waals surface area contributed by atoms with Crippen LogP contribution in [0.4, 0.5) is 0 Å². The predicted octanol–water partition coefficient (Wildman–Crippen LogP) is 1.98. The highest BCUT2D eigenvalue weighted by Gasteiger charge is 2.32. The van der Waals surface area contributed by atoms with Crippen molar-refractivity contribution in [3.05, 3.63) is 22.4 Å². The minimum absolute atomic E-state index is 0.0942. The molecule has 0 radical (unpaired) electrons. The first-order valence-electron chi connectivity index (χ1n) is 6.38. The smallest absolute Gasteiger partial charge is 0.0558 e. The molecule has 0 saturated heterocycles. The second-order valence-corrected chi connectivity index (χ2v) is 5.69. The Balaban J connectivity index is 2.16. The molecule has 1 saturated carbocycles. The number of hydrogen-bond donors (Lipinski definition) is 2. The van der Waals surface area contributed by atoms with Crippen LogP contribution in [0.1, 0.15) is 37.8 Å². The van der Waals surface area contributed by atoms with Gasteiger partial charge in [0.15, 0.2) is 0 Å². The quantitative estimate of drug-likeness (QED) is 0.816. The Kier molecular flexibility index (Phi) is 4.56. The molecule has 2 unspecified atom stereocenters. The van der Waals surface area contributed by atoms with E-state index < -0.39 is 0 Å². The van der Waals surface area contributed by atoms with E-state index in [4.69, 9.17) is 5.73 Å². The zero-order valence-corrected chi connectivity index (χ0v) is 11.2. The first-order chi connectivity index (χ1) is 8.24. The molecule has 2 atom stereocenters. The van der Waals surface area contributed by atoms with E-state index in [-0.39, 0.29) is 18.7 Å². The summed E-state index contributed by atoms with van der Waals surface area (Å²) >= 11 is 1.71. The Morgan fingerprint density at radius 3 is 2.76 bits per heavy atom. The fraction of sp³-hybridized carbons (Fsp3) is 0.692. The van der Waals surface area contributed by atoms with Gasteiger partial charge in [0.1, 0.15) is 0 Å². The topological polar surface area (TPSA) is 49.5 Å². The van der Waals surface area contributed by atoms with Crippen molar-refractivity contribution >= 4 is 11.3 Å². The van der Waals surface area contributed by atoms with E-state index >= 15 is 0 Å². The molecule has 0 aromatic carbocycles. The lowest BCUT2D eigenvalue weighted by Gasteiger charge is -2.43. The molecule has 17 heavy (non-hydrogen) atoms. The molecule has 1 aliphatic rings. The fourth-order valence-corrected chi connectivity index (χ4v) is 3.31. The molecule has 0 spiro atoms. The van der Waals surface area contributed by atoms with Crippen molar-refractivity contribution in [2.24, 2.45) is 5.73 Å². The van der Waals surface area contributed by atoms with Gasteiger partial charge in [-0.3, -0.25) is 4.90 Å². The summed E-state index contributed by atoms with van der Waals surface area (Å²) in [7, 11) is 0. The molecule has 1 aliphatic carbocycles. The highest BCUT2D eigenvalue weighted by Crippen LogP contribution is 2.34. The van der Waals surface area contributed by atoms with Gasteiger partial charge in [0, 0.05) is 18.6 Å². The van der Waals surface area contributed by atoms with E-state index in [1.54, 1.807) is 11.3 Å². The van der Waals surface area contributed by atoms with E-state index in [0.717, 1.165) is 6.54 Å². The van der Waals surface area contributed by atoms with Gasteiger partial charge in [-0.05, 0) is 42.2 Å². The number of aliphatic hydroxyl groups excluding tert-OH is 1. The zero-order chi connectivity index (χ0) is 12.3. The summed E-state index contributed by atoms with van der Waals surface area (Å²) in [6.45, 7) is 3.00. The first kappa shape index (κ1) is 13.0. The lowest BCUT2D eigenvalue weighted by Crippen LogP contribution is -2.48. The molecule has 0 bridgehead atoms. The van der Waals surface area contributed by atoms with Crippen molar-refractivity contribution in [2.75, 3.05) is 13.2 Å². The minimum Gasteiger partial charge on any atom is -0.395 e. The van der Waals surface area contributed by atoms with E-state index in [0.29, 0.717) is 6.04 Å². The third-order valence-corrected chi connectivity index (χ3v) is 4.34. The maximum atomic E-state index is 9.25. The van der Waals surface area contributed by atoms with Crippen molar-refractivity contribution in [1.82, 2.24) is 4.90 Å². The van der Waals surface area contributed by atoms with Crippen LogP contribution < -0.4 is 5.73 Å². The van der Waals surface area contributed by atoms with Crippen LogP contribution in [0, 0.1) is 0 Å². The standard InChI is InChI=1S/C13H22N2OS/c1-10(14)13(11-5-8-17-9-11)15(6-7-16)12-3-2-4-12/h5,8-10,12-13,16H,2-4,6-7,14H2,1H3. The average molecular weight is 254 g/mol. The molecule has 0 amide bonds. The second kappa shape index (κ2) is 5.96. The van der Waals surface area contributed by atoms with Crippen LogP contribution in [0.5, 0.6) is 0 Å². The Labute approximate surface area is 107 Å². The molecule has 4 heteroatoms. The molecular weight excluding hydrogens is 232 g/mol. The Morgan fingerprint density at radius 2 is 2.35 bits per heavy atom. The highest BCUT2D eigenvalue weighted by atomic mass is 32.1. The van der Waals surface area contributed by atoms with Gasteiger partial charge < -0.3 is 10.8 Å². The van der Waals surface area contributed by atoms with Crippen LogP contribution >= 0.6 is 11.3 Å². The summed E-state index contributed by atoms with van der Waals surface area (Å²) in [5, 5.41) is 13.5. The van der Waals surface area contributed by atoms with Gasteiger partial charge in [-0.25, -0.2) is 0 Å². The van der Waals surface area contributed by atoms with Gasteiger partial charge in [-0.1, -0.05) is 6.42 Å². The number of aliphatic hydroxyl groups is 1. The second-order valence-electron chi connectivity index (χ2n) is 4.91. The number of hydrogen-bond acceptors (Lipinski definition) is 4. The normalized spacial score (nSPS) is 20.2. The minimum atomic E-state index is 0.0942. The van der Waals surface area contributed by atoms with Crippen molar-refractivity contribution in [2.45, 2.75) is 44.3 Å². The summed E-state index contributed by atoms with van der Waals surface area (Å²) in [5.41, 5.74) is 7.45. The van der Waals surface area contributed by atoms with Gasteiger partial charge in [0.05, 0.1) is 12.6 Å². The third-order valence-electron chi connectivity index (χ3n) is 3.64. The molecule has 96 valence electrons. The zero-order valence-electron chi connectivity index (χ0n) is 10.4. The number of nitrogens with zero attached hydrogens (tertiary/aromatic N) is 1. The Morgan fingerprint density at radius 1 is 1.59 bits per heavy atom. The van der Waals surface area contributed by atoms with Crippen LogP contribution in [-0.4, -0.2) is 35.2 Å². The van der Waals surface area contributed by atoms with E-state index in [1.165, 1.54) is 24.8 Å². The molecule has 3 nitrogen and oxygen atoms in total. The molecule has 1 heterocycles. The summed E-state index contributed by atoms with van der Waals surface area (Å²) in [5.74, 6) is 0. The predicted molar refractivity (Wildman–Crippen MR) is 72.1 cm³/mol.